The molecule has 0 aliphatic carbocycles. The Morgan fingerprint density at radius 2 is 2.15 bits per heavy atom. The number of carboxylic acid groups (broad SMARTS) is 1. The van der Waals surface area contributed by atoms with Crippen molar-refractivity contribution in [3.05, 3.63) is 16.8 Å². The molecule has 2 N–H and O–H groups in total. The van der Waals surface area contributed by atoms with Gasteiger partial charge in [-0.15, -0.1) is 11.3 Å². The molecule has 0 radical (unpaired) electrons. The molecule has 0 fully saturated rings. The molecule has 0 aliphatic rings. The molecule has 1 atom stereocenters. The number of aliphatic carboxylic acids is 1. The zero-order valence-corrected chi connectivity index (χ0v) is 12.9. The number of aryl methyl sites for hydroxylation is 2. The van der Waals surface area contributed by atoms with Crippen molar-refractivity contribution < 1.29 is 9.90 Å². The van der Waals surface area contributed by atoms with Crippen LogP contribution in [-0.2, 0) is 11.2 Å². The lowest BCUT2D eigenvalue weighted by Gasteiger charge is -2.19. The molecule has 2 heterocycles. The molecule has 2 aromatic rings. The highest BCUT2D eigenvalue weighted by Gasteiger charge is 2.23. The van der Waals surface area contributed by atoms with E-state index in [2.05, 4.69) is 15.3 Å². The summed E-state index contributed by atoms with van der Waals surface area (Å²) in [5.41, 5.74) is 0. The Morgan fingerprint density at radius 3 is 2.70 bits per heavy atom. The fraction of sp³-hybridized carbons (Fsp3) is 0.500. The highest BCUT2D eigenvalue weighted by Crippen LogP contribution is 2.29. The number of fused-ring (bicyclic) bond motifs is 1. The summed E-state index contributed by atoms with van der Waals surface area (Å²) in [6, 6.07) is 1.35. The number of carbonyl (C=O) groups is 1. The van der Waals surface area contributed by atoms with E-state index in [1.807, 2.05) is 33.8 Å². The van der Waals surface area contributed by atoms with Gasteiger partial charge in [-0.25, -0.2) is 14.8 Å². The minimum Gasteiger partial charge on any atom is -0.480 e. The van der Waals surface area contributed by atoms with E-state index in [1.54, 1.807) is 11.3 Å². The number of aromatic nitrogens is 2. The second-order valence-corrected chi connectivity index (χ2v) is 6.36. The summed E-state index contributed by atoms with van der Waals surface area (Å²) in [7, 11) is 0. The Bertz CT molecular complexity index is 637. The quantitative estimate of drug-likeness (QED) is 0.886. The number of hydrogen-bond donors (Lipinski definition) is 2. The SMILES string of the molecule is CCc1nc(N[C@@H](C(=O)O)C(C)C)c2cc(C)sc2n1. The monoisotopic (exact) mass is 293 g/mol. The molecular weight excluding hydrogens is 274 g/mol. The van der Waals surface area contributed by atoms with Crippen molar-refractivity contribution in [3.8, 4) is 0 Å². The van der Waals surface area contributed by atoms with Crippen molar-refractivity contribution in [1.29, 1.82) is 0 Å². The fourth-order valence-electron chi connectivity index (χ4n) is 2.02. The molecule has 0 amide bonds. The third-order valence-electron chi connectivity index (χ3n) is 3.10. The van der Waals surface area contributed by atoms with Gasteiger partial charge in [0.2, 0.25) is 0 Å². The lowest BCUT2D eigenvalue weighted by atomic mass is 10.0. The van der Waals surface area contributed by atoms with Gasteiger partial charge in [0.05, 0.1) is 5.39 Å². The van der Waals surface area contributed by atoms with E-state index >= 15 is 0 Å². The summed E-state index contributed by atoms with van der Waals surface area (Å²) in [4.78, 5) is 22.3. The maximum absolute atomic E-state index is 11.3. The predicted octanol–water partition coefficient (Wildman–Crippen LogP) is 3.08. The van der Waals surface area contributed by atoms with Crippen LogP contribution < -0.4 is 5.32 Å². The minimum atomic E-state index is -0.864. The van der Waals surface area contributed by atoms with Crippen LogP contribution in [-0.4, -0.2) is 27.1 Å². The predicted molar refractivity (Wildman–Crippen MR) is 81.4 cm³/mol. The molecular formula is C14H19N3O2S. The number of hydrogen-bond acceptors (Lipinski definition) is 5. The Kier molecular flexibility index (Phi) is 4.23. The van der Waals surface area contributed by atoms with Crippen LogP contribution in [0, 0.1) is 12.8 Å². The first-order valence-electron chi connectivity index (χ1n) is 6.68. The third kappa shape index (κ3) is 2.90. The van der Waals surface area contributed by atoms with Crippen LogP contribution in [0.15, 0.2) is 6.07 Å². The van der Waals surface area contributed by atoms with Gasteiger partial charge in [-0.3, -0.25) is 0 Å². The van der Waals surface area contributed by atoms with Crippen LogP contribution in [0.25, 0.3) is 10.2 Å². The first-order valence-corrected chi connectivity index (χ1v) is 7.50. The van der Waals surface area contributed by atoms with Crippen molar-refractivity contribution >= 4 is 33.3 Å². The Morgan fingerprint density at radius 1 is 1.45 bits per heavy atom. The van der Waals surface area contributed by atoms with Gasteiger partial charge in [-0.2, -0.15) is 0 Å². The highest BCUT2D eigenvalue weighted by molar-refractivity contribution is 7.18. The molecule has 0 bridgehead atoms. The number of thiophene rings is 1. The standard InChI is InChI=1S/C14H19N3O2S/c1-5-10-15-12(17-11(7(2)3)14(18)19)9-6-8(4)20-13(9)16-10/h6-7,11H,5H2,1-4H3,(H,18,19)(H,15,16,17)/t11-/m1/s1. The summed E-state index contributed by atoms with van der Waals surface area (Å²) in [6.45, 7) is 7.76. The highest BCUT2D eigenvalue weighted by atomic mass is 32.1. The van der Waals surface area contributed by atoms with E-state index in [4.69, 9.17) is 0 Å². The van der Waals surface area contributed by atoms with Crippen LogP contribution in [0.1, 0.15) is 31.5 Å². The van der Waals surface area contributed by atoms with Crippen LogP contribution >= 0.6 is 11.3 Å². The lowest BCUT2D eigenvalue weighted by molar-refractivity contribution is -0.138. The molecule has 2 aromatic heterocycles. The van der Waals surface area contributed by atoms with Crippen LogP contribution in [0.4, 0.5) is 5.82 Å². The van der Waals surface area contributed by atoms with Crippen molar-refractivity contribution in [3.63, 3.8) is 0 Å². The summed E-state index contributed by atoms with van der Waals surface area (Å²) in [5.74, 6) is 0.464. The zero-order valence-electron chi connectivity index (χ0n) is 12.1. The average Bonchev–Trinajstić information content (AvgIpc) is 2.74. The molecule has 0 saturated heterocycles. The molecule has 0 saturated carbocycles. The molecule has 0 unspecified atom stereocenters. The van der Waals surface area contributed by atoms with Crippen molar-refractivity contribution in [2.75, 3.05) is 5.32 Å². The Hall–Kier alpha value is -1.69. The average molecular weight is 293 g/mol. The van der Waals surface area contributed by atoms with Gasteiger partial charge < -0.3 is 10.4 Å². The van der Waals surface area contributed by atoms with Crippen molar-refractivity contribution in [2.45, 2.75) is 40.2 Å². The van der Waals surface area contributed by atoms with Gasteiger partial charge >= 0.3 is 5.97 Å². The fourth-order valence-corrected chi connectivity index (χ4v) is 2.91. The smallest absolute Gasteiger partial charge is 0.326 e. The molecule has 0 aromatic carbocycles. The van der Waals surface area contributed by atoms with E-state index in [9.17, 15) is 9.90 Å². The van der Waals surface area contributed by atoms with Gasteiger partial charge in [-0.1, -0.05) is 20.8 Å². The van der Waals surface area contributed by atoms with Crippen LogP contribution in [0.2, 0.25) is 0 Å². The Labute approximate surface area is 122 Å². The molecule has 5 nitrogen and oxygen atoms in total. The van der Waals surface area contributed by atoms with E-state index in [1.165, 1.54) is 0 Å². The van der Waals surface area contributed by atoms with Crippen molar-refractivity contribution in [1.82, 2.24) is 9.97 Å². The number of nitrogens with one attached hydrogen (secondary N) is 1. The summed E-state index contributed by atoms with van der Waals surface area (Å²) < 4.78 is 0. The third-order valence-corrected chi connectivity index (χ3v) is 4.05. The van der Waals surface area contributed by atoms with Gasteiger partial charge in [-0.05, 0) is 18.9 Å². The van der Waals surface area contributed by atoms with E-state index in [0.29, 0.717) is 5.82 Å². The van der Waals surface area contributed by atoms with E-state index in [0.717, 1.165) is 27.3 Å². The molecule has 0 spiro atoms. The van der Waals surface area contributed by atoms with Gasteiger partial charge in [0, 0.05) is 11.3 Å². The molecule has 6 heteroatoms. The molecule has 2 rings (SSSR count). The second kappa shape index (κ2) is 5.75. The number of anilines is 1. The van der Waals surface area contributed by atoms with Crippen LogP contribution in [0.3, 0.4) is 0 Å². The number of carboxylic acids is 1. The topological polar surface area (TPSA) is 75.1 Å². The zero-order chi connectivity index (χ0) is 14.9. The molecule has 0 aliphatic heterocycles. The largest absolute Gasteiger partial charge is 0.480 e. The van der Waals surface area contributed by atoms with Gasteiger partial charge in [0.1, 0.15) is 22.5 Å². The first kappa shape index (κ1) is 14.7. The number of rotatable bonds is 5. The summed E-state index contributed by atoms with van der Waals surface area (Å²) >= 11 is 1.60. The van der Waals surface area contributed by atoms with Gasteiger partial charge in [0.15, 0.2) is 0 Å². The second-order valence-electron chi connectivity index (χ2n) is 5.12. The van der Waals surface area contributed by atoms with E-state index in [-0.39, 0.29) is 5.92 Å². The normalized spacial score (nSPS) is 12.8. The maximum atomic E-state index is 11.3. The minimum absolute atomic E-state index is 0.0256. The molecule has 108 valence electrons. The lowest BCUT2D eigenvalue weighted by Crippen LogP contribution is -2.34. The van der Waals surface area contributed by atoms with E-state index < -0.39 is 12.0 Å². The Balaban J connectivity index is 2.48. The van der Waals surface area contributed by atoms with Crippen LogP contribution in [0.5, 0.6) is 0 Å². The maximum Gasteiger partial charge on any atom is 0.326 e. The molecule has 20 heavy (non-hydrogen) atoms. The first-order chi connectivity index (χ1) is 9.42. The number of nitrogens with zero attached hydrogens (tertiary/aromatic N) is 2. The van der Waals surface area contributed by atoms with Crippen molar-refractivity contribution in [2.24, 2.45) is 5.92 Å². The summed E-state index contributed by atoms with van der Waals surface area (Å²) in [5, 5.41) is 13.3. The summed E-state index contributed by atoms with van der Waals surface area (Å²) in [6.07, 6.45) is 0.723. The van der Waals surface area contributed by atoms with Gasteiger partial charge in [0.25, 0.3) is 0 Å².